The Morgan fingerprint density at radius 3 is 2.47 bits per heavy atom. The number of hydrogen-bond donors (Lipinski definition) is 1. The van der Waals surface area contributed by atoms with E-state index < -0.39 is 5.97 Å². The molecule has 0 saturated heterocycles. The number of amides is 1. The van der Waals surface area contributed by atoms with Gasteiger partial charge >= 0.3 is 5.97 Å². The van der Waals surface area contributed by atoms with Gasteiger partial charge in [0.15, 0.2) is 0 Å². The molecule has 0 bridgehead atoms. The molecule has 7 heteroatoms. The zero-order valence-electron chi connectivity index (χ0n) is 18.7. The van der Waals surface area contributed by atoms with Crippen LogP contribution < -0.4 is 15.1 Å². The number of nitrogens with one attached hydrogen (secondary N) is 1. The number of benzene rings is 2. The van der Waals surface area contributed by atoms with Gasteiger partial charge < -0.3 is 14.4 Å². The minimum absolute atomic E-state index is 0.280. The van der Waals surface area contributed by atoms with Crippen LogP contribution in [0.4, 0.5) is 5.69 Å². The van der Waals surface area contributed by atoms with E-state index in [2.05, 4.69) is 39.7 Å². The Hall–Kier alpha value is -3.87. The maximum absolute atomic E-state index is 12.3. The first-order chi connectivity index (χ1) is 15.3. The first kappa shape index (κ1) is 22.8. The van der Waals surface area contributed by atoms with Crippen molar-refractivity contribution in [2.24, 2.45) is 5.10 Å². The van der Waals surface area contributed by atoms with Crippen molar-refractivity contribution in [3.8, 4) is 5.75 Å². The van der Waals surface area contributed by atoms with Crippen LogP contribution in [0.3, 0.4) is 0 Å². The van der Waals surface area contributed by atoms with E-state index in [1.807, 2.05) is 31.3 Å². The Labute approximate surface area is 188 Å². The summed E-state index contributed by atoms with van der Waals surface area (Å²) in [5.41, 5.74) is 6.25. The normalized spacial score (nSPS) is 18.5. The molecule has 3 rings (SSSR count). The van der Waals surface area contributed by atoms with Crippen molar-refractivity contribution in [1.82, 2.24) is 5.43 Å². The van der Waals surface area contributed by atoms with Gasteiger partial charge in [-0.25, -0.2) is 10.2 Å². The molecule has 2 aromatic carbocycles. The SMILES string of the molecule is C=CCC1(C)/C(=C/C=N/NC(=O)c2ccc(C(=O)OC)cc2)N(C)c2cc(OC)ccc21. The molecule has 2 aromatic rings. The molecule has 1 atom stereocenters. The summed E-state index contributed by atoms with van der Waals surface area (Å²) in [6.07, 6.45) is 6.10. The Kier molecular flexibility index (Phi) is 6.78. The lowest BCUT2D eigenvalue weighted by atomic mass is 9.78. The molecule has 0 aliphatic carbocycles. The van der Waals surface area contributed by atoms with Gasteiger partial charge in [-0.1, -0.05) is 12.1 Å². The van der Waals surface area contributed by atoms with Crippen LogP contribution in [-0.2, 0) is 10.2 Å². The third-order valence-corrected chi connectivity index (χ3v) is 5.68. The van der Waals surface area contributed by atoms with Crippen LogP contribution in [0.2, 0.25) is 0 Å². The van der Waals surface area contributed by atoms with Crippen molar-refractivity contribution in [3.05, 3.63) is 83.6 Å². The Bertz CT molecular complexity index is 1090. The first-order valence-corrected chi connectivity index (χ1v) is 10.1. The highest BCUT2D eigenvalue weighted by molar-refractivity contribution is 5.96. The number of likely N-dealkylation sites (N-methyl/N-ethyl adjacent to an activating group) is 1. The van der Waals surface area contributed by atoms with Gasteiger partial charge in [-0.2, -0.15) is 5.10 Å². The van der Waals surface area contributed by atoms with Crippen LogP contribution in [-0.4, -0.2) is 39.4 Å². The summed E-state index contributed by atoms with van der Waals surface area (Å²) in [4.78, 5) is 25.9. The number of anilines is 1. The lowest BCUT2D eigenvalue weighted by Gasteiger charge is -2.27. The van der Waals surface area contributed by atoms with Crippen molar-refractivity contribution in [2.75, 3.05) is 26.2 Å². The van der Waals surface area contributed by atoms with Crippen LogP contribution in [0, 0.1) is 0 Å². The third-order valence-electron chi connectivity index (χ3n) is 5.68. The molecule has 7 nitrogen and oxygen atoms in total. The van der Waals surface area contributed by atoms with Gasteiger partial charge in [0.1, 0.15) is 5.75 Å². The molecular weight excluding hydrogens is 406 g/mol. The summed E-state index contributed by atoms with van der Waals surface area (Å²) in [7, 11) is 4.95. The molecule has 0 saturated carbocycles. The van der Waals surface area contributed by atoms with Gasteiger partial charge in [-0.3, -0.25) is 4.79 Å². The number of nitrogens with zero attached hydrogens (tertiary/aromatic N) is 2. The highest BCUT2D eigenvalue weighted by Crippen LogP contribution is 2.50. The standard InChI is InChI=1S/C25H27N3O4/c1-6-14-25(2)20-12-11-19(31-4)16-21(20)28(3)22(25)13-15-26-27-23(29)17-7-9-18(10-8-17)24(30)32-5/h6-13,15-16H,1,14H2,2-5H3,(H,27,29)/b22-13-,26-15+. The summed E-state index contributed by atoms with van der Waals surface area (Å²) in [5.74, 6) is -0.0434. The lowest BCUT2D eigenvalue weighted by molar-refractivity contribution is 0.0600. The molecule has 1 aliphatic rings. The number of fused-ring (bicyclic) bond motifs is 1. The number of carbonyl (C=O) groups excluding carboxylic acids is 2. The minimum atomic E-state index is -0.455. The largest absolute Gasteiger partial charge is 0.497 e. The fraction of sp³-hybridized carbons (Fsp3) is 0.240. The smallest absolute Gasteiger partial charge is 0.337 e. The number of ether oxygens (including phenoxy) is 2. The van der Waals surface area contributed by atoms with Crippen molar-refractivity contribution in [1.29, 1.82) is 0 Å². The zero-order chi connectivity index (χ0) is 23.3. The average Bonchev–Trinajstić information content (AvgIpc) is 3.02. The van der Waals surface area contributed by atoms with Crippen LogP contribution in [0.15, 0.2) is 72.0 Å². The fourth-order valence-corrected chi connectivity index (χ4v) is 3.96. The number of hydrazone groups is 1. The number of carbonyl (C=O) groups is 2. The molecule has 0 fully saturated rings. The number of rotatable bonds is 7. The zero-order valence-corrected chi connectivity index (χ0v) is 18.7. The molecular formula is C25H27N3O4. The monoisotopic (exact) mass is 433 g/mol. The van der Waals surface area contributed by atoms with E-state index in [-0.39, 0.29) is 11.3 Å². The topological polar surface area (TPSA) is 80.2 Å². The molecule has 0 radical (unpaired) electrons. The molecule has 32 heavy (non-hydrogen) atoms. The van der Waals surface area contributed by atoms with Gasteiger partial charge in [0, 0.05) is 41.7 Å². The van der Waals surface area contributed by atoms with Crippen LogP contribution in [0.1, 0.15) is 39.6 Å². The first-order valence-electron chi connectivity index (χ1n) is 10.1. The summed E-state index contributed by atoms with van der Waals surface area (Å²) >= 11 is 0. The third kappa shape index (κ3) is 4.27. The second kappa shape index (κ2) is 9.51. The Balaban J connectivity index is 1.77. The van der Waals surface area contributed by atoms with Gasteiger partial charge in [0.05, 0.1) is 19.8 Å². The van der Waals surface area contributed by atoms with E-state index in [9.17, 15) is 9.59 Å². The van der Waals surface area contributed by atoms with E-state index >= 15 is 0 Å². The Morgan fingerprint density at radius 1 is 1.16 bits per heavy atom. The summed E-state index contributed by atoms with van der Waals surface area (Å²) in [6, 6.07) is 12.2. The maximum Gasteiger partial charge on any atom is 0.337 e. The van der Waals surface area contributed by atoms with Crippen molar-refractivity contribution >= 4 is 23.8 Å². The van der Waals surface area contributed by atoms with E-state index in [4.69, 9.17) is 4.74 Å². The molecule has 0 spiro atoms. The number of allylic oxidation sites excluding steroid dienone is 3. The quantitative estimate of drug-likeness (QED) is 0.308. The van der Waals surface area contributed by atoms with E-state index in [0.29, 0.717) is 11.1 Å². The lowest BCUT2D eigenvalue weighted by Crippen LogP contribution is -2.26. The summed E-state index contributed by atoms with van der Waals surface area (Å²) in [6.45, 7) is 6.08. The number of esters is 1. The molecule has 1 aliphatic heterocycles. The van der Waals surface area contributed by atoms with Crippen molar-refractivity contribution in [3.63, 3.8) is 0 Å². The van der Waals surface area contributed by atoms with Crippen LogP contribution in [0.5, 0.6) is 5.75 Å². The Morgan fingerprint density at radius 2 is 1.84 bits per heavy atom. The van der Waals surface area contributed by atoms with E-state index in [0.717, 1.165) is 23.6 Å². The predicted molar refractivity (Wildman–Crippen MR) is 125 cm³/mol. The van der Waals surface area contributed by atoms with E-state index in [1.54, 1.807) is 25.5 Å². The molecule has 0 aromatic heterocycles. The van der Waals surface area contributed by atoms with Gasteiger partial charge in [0.25, 0.3) is 5.91 Å². The van der Waals surface area contributed by atoms with Crippen LogP contribution >= 0.6 is 0 Å². The second-order valence-corrected chi connectivity index (χ2v) is 7.61. The van der Waals surface area contributed by atoms with E-state index in [1.165, 1.54) is 24.8 Å². The number of hydrogen-bond acceptors (Lipinski definition) is 6. The van der Waals surface area contributed by atoms with Crippen molar-refractivity contribution in [2.45, 2.75) is 18.8 Å². The maximum atomic E-state index is 12.3. The summed E-state index contributed by atoms with van der Waals surface area (Å²) < 4.78 is 10.0. The number of methoxy groups -OCH3 is 2. The highest BCUT2D eigenvalue weighted by atomic mass is 16.5. The highest BCUT2D eigenvalue weighted by Gasteiger charge is 2.41. The molecule has 1 heterocycles. The van der Waals surface area contributed by atoms with Gasteiger partial charge in [-0.15, -0.1) is 6.58 Å². The summed E-state index contributed by atoms with van der Waals surface area (Å²) in [5, 5.41) is 4.07. The second-order valence-electron chi connectivity index (χ2n) is 7.61. The van der Waals surface area contributed by atoms with Crippen molar-refractivity contribution < 1.29 is 19.1 Å². The molecule has 1 unspecified atom stereocenters. The van der Waals surface area contributed by atoms with Crippen LogP contribution in [0.25, 0.3) is 0 Å². The minimum Gasteiger partial charge on any atom is -0.497 e. The molecule has 1 amide bonds. The van der Waals surface area contributed by atoms with Gasteiger partial charge in [0.2, 0.25) is 0 Å². The molecule has 166 valence electrons. The van der Waals surface area contributed by atoms with Gasteiger partial charge in [-0.05, 0) is 55.3 Å². The predicted octanol–water partition coefficient (Wildman–Crippen LogP) is 4.07. The average molecular weight is 434 g/mol. The molecule has 1 N–H and O–H groups in total. The fourth-order valence-electron chi connectivity index (χ4n) is 3.96.